The van der Waals surface area contributed by atoms with Gasteiger partial charge in [-0.15, -0.1) is 12.8 Å². The molecule has 8 heteroatoms. The molecular weight excluding hydrogens is 857 g/mol. The summed E-state index contributed by atoms with van der Waals surface area (Å²) in [6.07, 6.45) is 12.2. The molecule has 0 heterocycles. The summed E-state index contributed by atoms with van der Waals surface area (Å²) in [5.41, 5.74) is 10.3. The first-order chi connectivity index (χ1) is 33.6. The SMILES string of the molecule is C#Cc1cccc(NC(=O)c2ccc(C(=O)Cc3ccc(C4(c5ccc(CC(=O)c6ccc(C(=O)Nc7cccc(C#C)c7)c(C=O)c6)cc5)c5ccccc5-c5ccccc54)cc3)cc2C=O)c1. The van der Waals surface area contributed by atoms with Gasteiger partial charge >= 0.3 is 0 Å². The van der Waals surface area contributed by atoms with Gasteiger partial charge in [0.2, 0.25) is 0 Å². The number of hydrogen-bond acceptors (Lipinski definition) is 6. The zero-order chi connectivity index (χ0) is 48.1. The van der Waals surface area contributed by atoms with Gasteiger partial charge in [0.05, 0.1) is 16.5 Å². The third-order valence-electron chi connectivity index (χ3n) is 12.5. The first-order valence-corrected chi connectivity index (χ1v) is 22.0. The predicted molar refractivity (Wildman–Crippen MR) is 268 cm³/mol. The number of Topliss-reactive ketones (excluding diaryl/α,β-unsaturated/α-hetero) is 2. The van der Waals surface area contributed by atoms with E-state index in [2.05, 4.69) is 46.7 Å². The summed E-state index contributed by atoms with van der Waals surface area (Å²) in [5, 5.41) is 5.54. The van der Waals surface area contributed by atoms with E-state index >= 15 is 0 Å². The van der Waals surface area contributed by atoms with Gasteiger partial charge in [-0.05, 0) is 105 Å². The van der Waals surface area contributed by atoms with Crippen LogP contribution in [0.5, 0.6) is 0 Å². The molecule has 2 N–H and O–H groups in total. The Labute approximate surface area is 399 Å². The van der Waals surface area contributed by atoms with E-state index in [1.54, 1.807) is 60.7 Å². The summed E-state index contributed by atoms with van der Waals surface area (Å²) in [6, 6.07) is 55.1. The summed E-state index contributed by atoms with van der Waals surface area (Å²) < 4.78 is 0. The molecule has 0 saturated heterocycles. The largest absolute Gasteiger partial charge is 0.322 e. The van der Waals surface area contributed by atoms with Crippen molar-refractivity contribution in [3.05, 3.63) is 260 Å². The molecule has 8 aromatic carbocycles. The number of amides is 2. The van der Waals surface area contributed by atoms with Crippen molar-refractivity contribution in [2.45, 2.75) is 18.3 Å². The molecule has 9 rings (SSSR count). The van der Waals surface area contributed by atoms with Gasteiger partial charge in [-0.3, -0.25) is 28.8 Å². The Bertz CT molecular complexity index is 3250. The topological polar surface area (TPSA) is 126 Å². The average Bonchev–Trinajstić information content (AvgIpc) is 3.69. The maximum atomic E-state index is 13.7. The molecule has 0 atom stereocenters. The van der Waals surface area contributed by atoms with Crippen molar-refractivity contribution in [1.29, 1.82) is 0 Å². The summed E-state index contributed by atoms with van der Waals surface area (Å²) >= 11 is 0. The van der Waals surface area contributed by atoms with E-state index in [0.717, 1.165) is 44.5 Å². The normalized spacial score (nSPS) is 11.7. The lowest BCUT2D eigenvalue weighted by atomic mass is 9.67. The van der Waals surface area contributed by atoms with E-state index in [4.69, 9.17) is 12.8 Å². The highest BCUT2D eigenvalue weighted by Gasteiger charge is 2.45. The molecular formula is C61H40N2O6. The number of rotatable bonds is 14. The van der Waals surface area contributed by atoms with Crippen LogP contribution in [0.4, 0.5) is 11.4 Å². The Kier molecular flexibility index (Phi) is 12.4. The number of ketones is 2. The minimum Gasteiger partial charge on any atom is -0.322 e. The molecule has 330 valence electrons. The summed E-state index contributed by atoms with van der Waals surface area (Å²) in [4.78, 5) is 78.1. The third kappa shape index (κ3) is 8.70. The van der Waals surface area contributed by atoms with Crippen LogP contribution in [0.25, 0.3) is 11.1 Å². The third-order valence-corrected chi connectivity index (χ3v) is 12.5. The van der Waals surface area contributed by atoms with Crippen molar-refractivity contribution < 1.29 is 28.8 Å². The molecule has 8 aromatic rings. The highest BCUT2D eigenvalue weighted by molar-refractivity contribution is 6.11. The van der Waals surface area contributed by atoms with Crippen molar-refractivity contribution in [1.82, 2.24) is 0 Å². The standard InChI is InChI=1S/C61H40N2O6/c1-3-39-11-9-13-49(31-39)62-59(68)51-29-23-43(35-45(51)37-64)57(66)33-41-19-25-47(26-20-41)61(55-17-7-5-15-53(55)54-16-6-8-18-56(54)61)48-27-21-42(22-28-48)34-58(67)44-24-30-52(46(36-44)38-65)60(69)63-50-14-10-12-40(4-2)32-50/h1-2,5-32,35-38H,33-34H2,(H,62,68)(H,63,69). The van der Waals surface area contributed by atoms with E-state index < -0.39 is 17.2 Å². The lowest BCUT2D eigenvalue weighted by Gasteiger charge is -2.34. The molecule has 0 bridgehead atoms. The van der Waals surface area contributed by atoms with Gasteiger partial charge in [0.1, 0.15) is 0 Å². The average molecular weight is 897 g/mol. The molecule has 0 unspecified atom stereocenters. The Hall–Kier alpha value is -9.50. The van der Waals surface area contributed by atoms with Gasteiger partial charge < -0.3 is 10.6 Å². The maximum Gasteiger partial charge on any atom is 0.256 e. The van der Waals surface area contributed by atoms with E-state index in [1.165, 1.54) is 24.3 Å². The Balaban J connectivity index is 0.966. The molecule has 2 amide bonds. The van der Waals surface area contributed by atoms with Crippen LogP contribution >= 0.6 is 0 Å². The fraction of sp³-hybridized carbons (Fsp3) is 0.0492. The molecule has 0 fully saturated rings. The van der Waals surface area contributed by atoms with Crippen molar-refractivity contribution in [3.63, 3.8) is 0 Å². The number of terminal acetylenes is 2. The number of benzene rings is 8. The summed E-state index contributed by atoms with van der Waals surface area (Å²) in [6.45, 7) is 0. The van der Waals surface area contributed by atoms with E-state index in [1.807, 2.05) is 72.8 Å². The first-order valence-electron chi connectivity index (χ1n) is 22.0. The van der Waals surface area contributed by atoms with Crippen molar-refractivity contribution in [2.75, 3.05) is 10.6 Å². The fourth-order valence-electron chi connectivity index (χ4n) is 9.20. The van der Waals surface area contributed by atoms with Gasteiger partial charge in [-0.1, -0.05) is 133 Å². The van der Waals surface area contributed by atoms with Crippen LogP contribution < -0.4 is 10.6 Å². The number of anilines is 2. The molecule has 1 aliphatic rings. The second-order valence-corrected chi connectivity index (χ2v) is 16.6. The van der Waals surface area contributed by atoms with Crippen molar-refractivity contribution in [2.24, 2.45) is 0 Å². The molecule has 0 saturated carbocycles. The van der Waals surface area contributed by atoms with Crippen LogP contribution in [0.15, 0.2) is 182 Å². The molecule has 0 aliphatic heterocycles. The molecule has 1 aliphatic carbocycles. The van der Waals surface area contributed by atoms with E-state index in [-0.39, 0.29) is 46.7 Å². The number of fused-ring (bicyclic) bond motifs is 3. The van der Waals surface area contributed by atoms with Gasteiger partial charge in [0, 0.05) is 57.6 Å². The number of carbonyl (C=O) groups is 6. The number of hydrogen-bond donors (Lipinski definition) is 2. The zero-order valence-electron chi connectivity index (χ0n) is 37.0. The van der Waals surface area contributed by atoms with Gasteiger partial charge in [-0.2, -0.15) is 0 Å². The lowest BCUT2D eigenvalue weighted by molar-refractivity contribution is 0.0983. The second-order valence-electron chi connectivity index (χ2n) is 16.6. The number of nitrogens with one attached hydrogen (secondary N) is 2. The first kappa shape index (κ1) is 44.7. The highest BCUT2D eigenvalue weighted by Crippen LogP contribution is 2.56. The number of aldehydes is 2. The minimum absolute atomic E-state index is 0.0533. The van der Waals surface area contributed by atoms with Crippen LogP contribution in [0.2, 0.25) is 0 Å². The van der Waals surface area contributed by atoms with Gasteiger partial charge in [0.15, 0.2) is 24.1 Å². The quantitative estimate of drug-likeness (QED) is 0.0636. The van der Waals surface area contributed by atoms with Crippen LogP contribution in [0, 0.1) is 24.7 Å². The van der Waals surface area contributed by atoms with Crippen molar-refractivity contribution in [3.8, 4) is 35.8 Å². The molecule has 0 spiro atoms. The van der Waals surface area contributed by atoms with Crippen LogP contribution in [0.3, 0.4) is 0 Å². The Morgan fingerprint density at radius 1 is 0.464 bits per heavy atom. The van der Waals surface area contributed by atoms with E-state index in [9.17, 15) is 28.8 Å². The monoisotopic (exact) mass is 896 g/mol. The van der Waals surface area contributed by atoms with Crippen LogP contribution in [0.1, 0.15) is 107 Å². The molecule has 8 nitrogen and oxygen atoms in total. The Morgan fingerprint density at radius 2 is 0.870 bits per heavy atom. The van der Waals surface area contributed by atoms with Gasteiger partial charge in [-0.25, -0.2) is 0 Å². The molecule has 0 aromatic heterocycles. The highest BCUT2D eigenvalue weighted by atomic mass is 16.2. The van der Waals surface area contributed by atoms with Gasteiger partial charge in [0.25, 0.3) is 11.8 Å². The zero-order valence-corrected chi connectivity index (χ0v) is 37.0. The summed E-state index contributed by atoms with van der Waals surface area (Å²) in [5.74, 6) is 3.61. The van der Waals surface area contributed by atoms with Crippen molar-refractivity contribution >= 4 is 47.3 Å². The smallest absolute Gasteiger partial charge is 0.256 e. The molecule has 0 radical (unpaired) electrons. The van der Waals surface area contributed by atoms with Crippen LogP contribution in [-0.2, 0) is 18.3 Å². The predicted octanol–water partition coefficient (Wildman–Crippen LogP) is 11.0. The number of carbonyl (C=O) groups excluding carboxylic acids is 6. The van der Waals surface area contributed by atoms with Crippen LogP contribution in [-0.4, -0.2) is 36.0 Å². The summed E-state index contributed by atoms with van der Waals surface area (Å²) in [7, 11) is 0. The second kappa shape index (κ2) is 19.1. The van der Waals surface area contributed by atoms with E-state index in [0.29, 0.717) is 46.2 Å². The fourth-order valence-corrected chi connectivity index (χ4v) is 9.20. The maximum absolute atomic E-state index is 13.7. The molecule has 69 heavy (non-hydrogen) atoms. The lowest BCUT2D eigenvalue weighted by Crippen LogP contribution is -2.28. The Morgan fingerprint density at radius 3 is 1.26 bits per heavy atom. The minimum atomic E-state index is -0.757.